The SMILES string of the molecule is CC/C=C\C/C=C\C/C=C\C/C=C\C/C=C\C/C=C\CCC(=O)OCC(COC(=O)CCCCC/C=C\C/C=C\C/C=C\CC)OC(=O)CCCC/C=C\C/C=C\C/C=C\C/C=C\CC. The first-order chi connectivity index (χ1) is 32.0. The molecule has 0 radical (unpaired) electrons. The maximum absolute atomic E-state index is 12.8. The normalized spacial score (nSPS) is 13.5. The lowest BCUT2D eigenvalue weighted by atomic mass is 10.1. The number of rotatable bonds is 42. The molecule has 0 saturated carbocycles. The van der Waals surface area contributed by atoms with Crippen molar-refractivity contribution in [2.75, 3.05) is 13.2 Å². The molecule has 0 rings (SSSR count). The van der Waals surface area contributed by atoms with Crippen molar-refractivity contribution in [3.05, 3.63) is 158 Å². The number of hydrogen-bond acceptors (Lipinski definition) is 6. The van der Waals surface area contributed by atoms with Crippen LogP contribution in [0.3, 0.4) is 0 Å². The van der Waals surface area contributed by atoms with Crippen molar-refractivity contribution >= 4 is 17.9 Å². The highest BCUT2D eigenvalue weighted by molar-refractivity contribution is 5.71. The largest absolute Gasteiger partial charge is 0.462 e. The summed E-state index contributed by atoms with van der Waals surface area (Å²) in [4.78, 5) is 37.9. The molecule has 6 heteroatoms. The van der Waals surface area contributed by atoms with Crippen LogP contribution in [0.4, 0.5) is 0 Å². The summed E-state index contributed by atoms with van der Waals surface area (Å²) in [5, 5.41) is 0. The van der Waals surface area contributed by atoms with Crippen LogP contribution in [0.25, 0.3) is 0 Å². The van der Waals surface area contributed by atoms with Crippen molar-refractivity contribution in [1.82, 2.24) is 0 Å². The summed E-state index contributed by atoms with van der Waals surface area (Å²) in [6, 6.07) is 0. The van der Waals surface area contributed by atoms with Crippen LogP contribution in [0.1, 0.15) is 175 Å². The van der Waals surface area contributed by atoms with Crippen molar-refractivity contribution in [3.63, 3.8) is 0 Å². The van der Waals surface area contributed by atoms with Crippen LogP contribution < -0.4 is 0 Å². The maximum atomic E-state index is 12.8. The summed E-state index contributed by atoms with van der Waals surface area (Å²) in [5.41, 5.74) is 0. The number of carbonyl (C=O) groups is 3. The lowest BCUT2D eigenvalue weighted by Crippen LogP contribution is -2.30. The Labute approximate surface area is 397 Å². The lowest BCUT2D eigenvalue weighted by molar-refractivity contribution is -0.166. The molecule has 6 nitrogen and oxygen atoms in total. The van der Waals surface area contributed by atoms with Gasteiger partial charge in [-0.1, -0.05) is 185 Å². The van der Waals surface area contributed by atoms with E-state index < -0.39 is 6.10 Å². The van der Waals surface area contributed by atoms with Gasteiger partial charge in [-0.15, -0.1) is 0 Å². The van der Waals surface area contributed by atoms with Gasteiger partial charge in [0.2, 0.25) is 0 Å². The fourth-order valence-corrected chi connectivity index (χ4v) is 5.88. The van der Waals surface area contributed by atoms with Gasteiger partial charge in [0, 0.05) is 19.3 Å². The Morgan fingerprint density at radius 3 is 0.954 bits per heavy atom. The zero-order valence-corrected chi connectivity index (χ0v) is 40.9. The molecule has 0 spiro atoms. The Morgan fingerprint density at radius 1 is 0.308 bits per heavy atom. The molecule has 1 atom stereocenters. The van der Waals surface area contributed by atoms with E-state index in [1.54, 1.807) is 0 Å². The predicted molar refractivity (Wildman–Crippen MR) is 278 cm³/mol. The molecule has 0 aliphatic rings. The van der Waals surface area contributed by atoms with Crippen LogP contribution in [0, 0.1) is 0 Å². The lowest BCUT2D eigenvalue weighted by Gasteiger charge is -2.18. The van der Waals surface area contributed by atoms with E-state index >= 15 is 0 Å². The van der Waals surface area contributed by atoms with Gasteiger partial charge in [0.1, 0.15) is 13.2 Å². The minimum Gasteiger partial charge on any atom is -0.462 e. The van der Waals surface area contributed by atoms with Crippen LogP contribution in [-0.2, 0) is 28.6 Å². The first-order valence-corrected chi connectivity index (χ1v) is 25.0. The topological polar surface area (TPSA) is 78.9 Å². The third kappa shape index (κ3) is 49.9. The number of ether oxygens (including phenoxy) is 3. The Kier molecular flexibility index (Phi) is 47.7. The molecule has 0 saturated heterocycles. The number of allylic oxidation sites excluding steroid dienone is 26. The Hall–Kier alpha value is -4.97. The van der Waals surface area contributed by atoms with E-state index in [2.05, 4.69) is 167 Å². The second-order valence-electron chi connectivity index (χ2n) is 15.6. The van der Waals surface area contributed by atoms with Crippen molar-refractivity contribution in [3.8, 4) is 0 Å². The van der Waals surface area contributed by atoms with Gasteiger partial charge in [-0.05, 0) is 128 Å². The molecule has 0 aliphatic heterocycles. The molecule has 0 heterocycles. The number of hydrogen-bond donors (Lipinski definition) is 0. The summed E-state index contributed by atoms with van der Waals surface area (Å²) < 4.78 is 16.6. The standard InChI is InChI=1S/C59H88O6/c1-4-7-10-13-16-19-22-25-27-28-29-30-32-34-37-40-43-46-49-52-58(61)64-55-56(54-63-57(60)51-48-45-42-39-36-33-24-21-18-15-12-9-6-3)65-59(62)53-50-47-44-41-38-35-31-26-23-20-17-14-11-8-5-2/h7-12,16-21,25-27,29-31,33-34,36-38,41,43,46,56H,4-6,13-15,22-24,28,32,35,39-40,42,44-45,47-55H2,1-3H3/b10-7-,11-8-,12-9-,19-16-,20-17-,21-18-,27-25-,30-29-,31-26-,36-33-,37-34-,41-38-,46-43-. The predicted octanol–water partition coefficient (Wildman–Crippen LogP) is 16.6. The third-order valence-electron chi connectivity index (χ3n) is 9.52. The zero-order chi connectivity index (χ0) is 47.2. The third-order valence-corrected chi connectivity index (χ3v) is 9.52. The average Bonchev–Trinajstić information content (AvgIpc) is 3.30. The van der Waals surface area contributed by atoms with Crippen molar-refractivity contribution in [1.29, 1.82) is 0 Å². The van der Waals surface area contributed by atoms with Gasteiger partial charge in [-0.25, -0.2) is 0 Å². The highest BCUT2D eigenvalue weighted by atomic mass is 16.6. The van der Waals surface area contributed by atoms with Gasteiger partial charge in [0.25, 0.3) is 0 Å². The van der Waals surface area contributed by atoms with Gasteiger partial charge < -0.3 is 14.2 Å². The van der Waals surface area contributed by atoms with Gasteiger partial charge in [0.05, 0.1) is 0 Å². The molecule has 0 bridgehead atoms. The molecule has 0 aromatic heterocycles. The molecular weight excluding hydrogens is 805 g/mol. The fraction of sp³-hybridized carbons (Fsp3) is 0.508. The molecule has 0 N–H and O–H groups in total. The Morgan fingerprint density at radius 2 is 0.585 bits per heavy atom. The first kappa shape index (κ1) is 60.0. The molecule has 1 unspecified atom stereocenters. The van der Waals surface area contributed by atoms with Crippen LogP contribution in [0.15, 0.2) is 158 Å². The minimum atomic E-state index is -0.850. The van der Waals surface area contributed by atoms with Crippen LogP contribution in [0.5, 0.6) is 0 Å². The van der Waals surface area contributed by atoms with Gasteiger partial charge in [-0.2, -0.15) is 0 Å². The molecule has 360 valence electrons. The van der Waals surface area contributed by atoms with Gasteiger partial charge in [-0.3, -0.25) is 14.4 Å². The van der Waals surface area contributed by atoms with Crippen molar-refractivity contribution < 1.29 is 28.6 Å². The molecule has 0 aromatic carbocycles. The van der Waals surface area contributed by atoms with Crippen LogP contribution in [-0.4, -0.2) is 37.2 Å². The van der Waals surface area contributed by atoms with E-state index in [9.17, 15) is 14.4 Å². The zero-order valence-electron chi connectivity index (χ0n) is 40.9. The molecule has 0 amide bonds. The van der Waals surface area contributed by atoms with E-state index in [1.807, 2.05) is 12.2 Å². The monoisotopic (exact) mass is 893 g/mol. The summed E-state index contributed by atoms with van der Waals surface area (Å²) in [6.07, 6.45) is 75.3. The number of unbranched alkanes of at least 4 members (excludes halogenated alkanes) is 5. The van der Waals surface area contributed by atoms with Crippen molar-refractivity contribution in [2.45, 2.75) is 181 Å². The molecule has 65 heavy (non-hydrogen) atoms. The summed E-state index contributed by atoms with van der Waals surface area (Å²) in [6.45, 7) is 6.13. The van der Waals surface area contributed by atoms with E-state index in [0.717, 1.165) is 122 Å². The summed E-state index contributed by atoms with van der Waals surface area (Å²) in [5.74, 6) is -1.11. The van der Waals surface area contributed by atoms with E-state index in [0.29, 0.717) is 19.3 Å². The molecule has 0 aliphatic carbocycles. The highest BCUT2D eigenvalue weighted by Crippen LogP contribution is 2.10. The van der Waals surface area contributed by atoms with Crippen molar-refractivity contribution in [2.24, 2.45) is 0 Å². The number of esters is 3. The quantitative estimate of drug-likeness (QED) is 0.0263. The molecule has 0 fully saturated rings. The second-order valence-corrected chi connectivity index (χ2v) is 15.6. The molecule has 0 aromatic rings. The van der Waals surface area contributed by atoms with Crippen LogP contribution >= 0.6 is 0 Å². The van der Waals surface area contributed by atoms with Gasteiger partial charge in [0.15, 0.2) is 6.10 Å². The Balaban J connectivity index is 4.64. The summed E-state index contributed by atoms with van der Waals surface area (Å²) in [7, 11) is 0. The van der Waals surface area contributed by atoms with E-state index in [-0.39, 0.29) is 44.0 Å². The average molecular weight is 893 g/mol. The highest BCUT2D eigenvalue weighted by Gasteiger charge is 2.19. The minimum absolute atomic E-state index is 0.141. The first-order valence-electron chi connectivity index (χ1n) is 25.0. The van der Waals surface area contributed by atoms with Gasteiger partial charge >= 0.3 is 17.9 Å². The Bertz CT molecular complexity index is 1540. The summed E-state index contributed by atoms with van der Waals surface area (Å²) >= 11 is 0. The second kappa shape index (κ2) is 51.7. The van der Waals surface area contributed by atoms with E-state index in [1.165, 1.54) is 0 Å². The molecular formula is C59H88O6. The number of carbonyl (C=O) groups excluding carboxylic acids is 3. The fourth-order valence-electron chi connectivity index (χ4n) is 5.88. The maximum Gasteiger partial charge on any atom is 0.306 e. The smallest absolute Gasteiger partial charge is 0.306 e. The van der Waals surface area contributed by atoms with Crippen LogP contribution in [0.2, 0.25) is 0 Å². The van der Waals surface area contributed by atoms with E-state index in [4.69, 9.17) is 14.2 Å².